The standard InChI is InChI=1S/C39H57N5O6/c1-22-32-17-29(39(32,5)6)18-33(22)41-38(48)36-35(23(2)45)34(19-40-24(3)46)50-44(36)21-27-12-11-13-31(37(27)49-10)28-14-26(20-43(9)25(4)47)15-30(16-28)42(7)8/h11-16,22-23,29,32-36,45H,17-21H2,1-10H3,(H,40,46)(H,41,48)/t22-,23-,29-,32+,33-,34-,35-,36-/m0/s1. The van der Waals surface area contributed by atoms with Gasteiger partial charge in [0.05, 0.1) is 19.8 Å². The SMILES string of the molecule is COc1c(CN2O[C@@H](CNC(C)=O)[C@H]([C@H](C)O)[C@H]2C(=O)N[C@H]2C[C@@H]3C[C@H]([C@@H]2C)C3(C)C)cccc1-c1cc(CN(C)C(C)=O)cc(N(C)C)c1. The largest absolute Gasteiger partial charge is 0.496 e. The van der Waals surface area contributed by atoms with Crippen molar-refractivity contribution >= 4 is 23.4 Å². The zero-order chi connectivity index (χ0) is 36.7. The fraction of sp³-hybridized carbons (Fsp3) is 0.615. The van der Waals surface area contributed by atoms with Crippen molar-refractivity contribution in [3.8, 4) is 16.9 Å². The molecule has 1 saturated heterocycles. The number of rotatable bonds is 12. The van der Waals surface area contributed by atoms with E-state index in [9.17, 15) is 19.5 Å². The van der Waals surface area contributed by atoms with Crippen molar-refractivity contribution in [3.05, 3.63) is 47.5 Å². The Morgan fingerprint density at radius 2 is 1.84 bits per heavy atom. The van der Waals surface area contributed by atoms with E-state index in [0.717, 1.165) is 34.4 Å². The first-order chi connectivity index (χ1) is 23.5. The number of amides is 3. The third-order valence-corrected chi connectivity index (χ3v) is 11.8. The number of hydrogen-bond donors (Lipinski definition) is 3. The maximum absolute atomic E-state index is 14.4. The van der Waals surface area contributed by atoms with Crippen LogP contribution in [0.4, 0.5) is 5.69 Å². The van der Waals surface area contributed by atoms with Gasteiger partial charge in [-0.25, -0.2) is 0 Å². The van der Waals surface area contributed by atoms with Gasteiger partial charge in [-0.1, -0.05) is 39.0 Å². The van der Waals surface area contributed by atoms with Crippen molar-refractivity contribution in [2.75, 3.05) is 39.7 Å². The van der Waals surface area contributed by atoms with E-state index in [1.807, 2.05) is 37.2 Å². The van der Waals surface area contributed by atoms with Crippen LogP contribution >= 0.6 is 0 Å². The molecule has 0 aromatic heterocycles. The summed E-state index contributed by atoms with van der Waals surface area (Å²) in [5.41, 5.74) is 4.84. The highest BCUT2D eigenvalue weighted by atomic mass is 16.7. The number of benzene rings is 2. The number of carbonyl (C=O) groups is 3. The number of nitrogens with zero attached hydrogens (tertiary/aromatic N) is 3. The highest BCUT2D eigenvalue weighted by Crippen LogP contribution is 2.61. The van der Waals surface area contributed by atoms with Crippen molar-refractivity contribution in [3.63, 3.8) is 0 Å². The van der Waals surface area contributed by atoms with Crippen molar-refractivity contribution in [2.24, 2.45) is 29.1 Å². The normalized spacial score (nSPS) is 27.5. The molecule has 4 aliphatic rings. The number of methoxy groups -OCH3 is 1. The van der Waals surface area contributed by atoms with Crippen LogP contribution in [-0.4, -0.2) is 91.9 Å². The van der Waals surface area contributed by atoms with Gasteiger partial charge in [-0.05, 0) is 72.3 Å². The highest BCUT2D eigenvalue weighted by Gasteiger charge is 2.57. The molecule has 2 bridgehead atoms. The highest BCUT2D eigenvalue weighted by molar-refractivity contribution is 5.83. The molecule has 3 amide bonds. The van der Waals surface area contributed by atoms with Gasteiger partial charge in [0.1, 0.15) is 17.9 Å². The first-order valence-electron chi connectivity index (χ1n) is 17.9. The van der Waals surface area contributed by atoms with Crippen molar-refractivity contribution in [1.29, 1.82) is 0 Å². The fourth-order valence-electron chi connectivity index (χ4n) is 8.66. The molecule has 1 aliphatic heterocycles. The quantitative estimate of drug-likeness (QED) is 0.303. The van der Waals surface area contributed by atoms with Crippen LogP contribution in [0.15, 0.2) is 36.4 Å². The number of anilines is 1. The minimum Gasteiger partial charge on any atom is -0.496 e. The summed E-state index contributed by atoms with van der Waals surface area (Å²) < 4.78 is 6.08. The number of aliphatic hydroxyl groups excluding tert-OH is 1. The molecule has 274 valence electrons. The number of para-hydroxylation sites is 1. The van der Waals surface area contributed by atoms with Gasteiger partial charge in [0, 0.05) is 76.9 Å². The topological polar surface area (TPSA) is 124 Å². The van der Waals surface area contributed by atoms with Crippen molar-refractivity contribution < 1.29 is 29.1 Å². The molecule has 11 heteroatoms. The lowest BCUT2D eigenvalue weighted by molar-refractivity contribution is -0.177. The molecule has 6 rings (SSSR count). The molecule has 3 aliphatic carbocycles. The second kappa shape index (κ2) is 14.9. The van der Waals surface area contributed by atoms with Crippen LogP contribution in [-0.2, 0) is 32.3 Å². The maximum atomic E-state index is 14.4. The van der Waals surface area contributed by atoms with E-state index in [-0.39, 0.29) is 42.3 Å². The first kappa shape index (κ1) is 37.6. The lowest BCUT2D eigenvalue weighted by Gasteiger charge is -2.62. The average Bonchev–Trinajstić information content (AvgIpc) is 3.42. The molecule has 3 saturated carbocycles. The molecule has 4 fully saturated rings. The fourth-order valence-corrected chi connectivity index (χ4v) is 8.66. The summed E-state index contributed by atoms with van der Waals surface area (Å²) in [7, 11) is 7.38. The van der Waals surface area contributed by atoms with Gasteiger partial charge in [-0.3, -0.25) is 19.2 Å². The van der Waals surface area contributed by atoms with E-state index in [1.165, 1.54) is 13.3 Å². The third kappa shape index (κ3) is 7.50. The Balaban J connectivity index is 1.48. The first-order valence-corrected chi connectivity index (χ1v) is 17.9. The van der Waals surface area contributed by atoms with Gasteiger partial charge in [0.15, 0.2) is 0 Å². The van der Waals surface area contributed by atoms with Gasteiger partial charge in [-0.15, -0.1) is 0 Å². The zero-order valence-electron chi connectivity index (χ0n) is 31.4. The van der Waals surface area contributed by atoms with Crippen LogP contribution in [0.1, 0.15) is 65.5 Å². The third-order valence-electron chi connectivity index (χ3n) is 11.8. The molecular weight excluding hydrogens is 634 g/mol. The second-order valence-electron chi connectivity index (χ2n) is 15.6. The molecule has 2 aromatic carbocycles. The number of fused-ring (bicyclic) bond motifs is 2. The van der Waals surface area contributed by atoms with Crippen molar-refractivity contribution in [1.82, 2.24) is 20.6 Å². The van der Waals surface area contributed by atoms with Gasteiger partial charge in [0.25, 0.3) is 0 Å². The Morgan fingerprint density at radius 1 is 1.12 bits per heavy atom. The predicted octanol–water partition coefficient (Wildman–Crippen LogP) is 4.21. The van der Waals surface area contributed by atoms with E-state index in [1.54, 1.807) is 38.0 Å². The molecule has 0 unspecified atom stereocenters. The summed E-state index contributed by atoms with van der Waals surface area (Å²) in [5, 5.41) is 19.0. The maximum Gasteiger partial charge on any atom is 0.240 e. The molecule has 0 spiro atoms. The van der Waals surface area contributed by atoms with Gasteiger partial charge in [-0.2, -0.15) is 5.06 Å². The molecule has 8 atom stereocenters. The number of carbonyl (C=O) groups excluding carboxylic acids is 3. The van der Waals surface area contributed by atoms with Crippen LogP contribution < -0.4 is 20.3 Å². The van der Waals surface area contributed by atoms with E-state index in [4.69, 9.17) is 9.57 Å². The number of nitrogens with one attached hydrogen (secondary N) is 2. The van der Waals surface area contributed by atoms with E-state index >= 15 is 0 Å². The molecule has 1 heterocycles. The zero-order valence-corrected chi connectivity index (χ0v) is 31.4. The molecular formula is C39H57N5O6. The Morgan fingerprint density at radius 3 is 2.42 bits per heavy atom. The smallest absolute Gasteiger partial charge is 0.240 e. The summed E-state index contributed by atoms with van der Waals surface area (Å²) in [5.74, 6) is 1.12. The Kier molecular flexibility index (Phi) is 11.2. The Bertz CT molecular complexity index is 1580. The minimum atomic E-state index is -0.876. The monoisotopic (exact) mass is 691 g/mol. The molecule has 0 radical (unpaired) electrons. The molecule has 50 heavy (non-hydrogen) atoms. The van der Waals surface area contributed by atoms with Crippen LogP contribution in [0.3, 0.4) is 0 Å². The number of aliphatic hydroxyl groups is 1. The van der Waals surface area contributed by atoms with E-state index < -0.39 is 24.2 Å². The lowest BCUT2D eigenvalue weighted by Crippen LogP contribution is -2.62. The second-order valence-corrected chi connectivity index (χ2v) is 15.6. The van der Waals surface area contributed by atoms with E-state index in [0.29, 0.717) is 30.0 Å². The van der Waals surface area contributed by atoms with Gasteiger partial charge in [0.2, 0.25) is 17.7 Å². The van der Waals surface area contributed by atoms with E-state index in [2.05, 4.69) is 49.6 Å². The molecule has 2 aromatic rings. The predicted molar refractivity (Wildman–Crippen MR) is 194 cm³/mol. The van der Waals surface area contributed by atoms with Crippen LogP contribution in [0, 0.1) is 29.1 Å². The lowest BCUT2D eigenvalue weighted by atomic mass is 9.45. The summed E-state index contributed by atoms with van der Waals surface area (Å²) in [6.45, 7) is 12.4. The Labute approximate surface area is 297 Å². The summed E-state index contributed by atoms with van der Waals surface area (Å²) >= 11 is 0. The van der Waals surface area contributed by atoms with Crippen LogP contribution in [0.25, 0.3) is 11.1 Å². The van der Waals surface area contributed by atoms with Crippen LogP contribution in [0.2, 0.25) is 0 Å². The summed E-state index contributed by atoms with van der Waals surface area (Å²) in [6, 6.07) is 11.4. The van der Waals surface area contributed by atoms with Gasteiger partial charge < -0.3 is 30.3 Å². The number of ether oxygens (including phenoxy) is 1. The average molecular weight is 692 g/mol. The molecule has 3 N–H and O–H groups in total. The number of hydroxylamine groups is 2. The van der Waals surface area contributed by atoms with Gasteiger partial charge >= 0.3 is 0 Å². The molecule has 11 nitrogen and oxygen atoms in total. The summed E-state index contributed by atoms with van der Waals surface area (Å²) in [6.07, 6.45) is 0.651. The minimum absolute atomic E-state index is 0.0171. The summed E-state index contributed by atoms with van der Waals surface area (Å²) in [4.78, 5) is 48.5. The Hall–Kier alpha value is -3.67. The number of hydrogen-bond acceptors (Lipinski definition) is 8. The van der Waals surface area contributed by atoms with Crippen molar-refractivity contribution in [2.45, 2.75) is 91.8 Å². The van der Waals surface area contributed by atoms with Crippen LogP contribution in [0.5, 0.6) is 5.75 Å².